The molecule has 3 aliphatic rings. The summed E-state index contributed by atoms with van der Waals surface area (Å²) in [5.74, 6) is 0.767. The lowest BCUT2D eigenvalue weighted by atomic mass is 10.0. The van der Waals surface area contributed by atoms with Gasteiger partial charge in [-0.25, -0.2) is 0 Å². The fourth-order valence-corrected chi connectivity index (χ4v) is 4.94. The van der Waals surface area contributed by atoms with Gasteiger partial charge in [0, 0.05) is 44.5 Å². The maximum absolute atomic E-state index is 12.4. The van der Waals surface area contributed by atoms with Gasteiger partial charge in [0.05, 0.1) is 6.54 Å². The van der Waals surface area contributed by atoms with Crippen molar-refractivity contribution in [2.45, 2.75) is 38.1 Å². The van der Waals surface area contributed by atoms with E-state index in [0.717, 1.165) is 45.2 Å². The SMILES string of the molecule is O=C(CN1CCC(N2CCCC2)CC1)NCC1CCN(c2ccccc2)C1. The van der Waals surface area contributed by atoms with E-state index in [4.69, 9.17) is 0 Å². The first kappa shape index (κ1) is 18.8. The number of nitrogens with zero attached hydrogens (tertiary/aromatic N) is 3. The molecule has 3 heterocycles. The normalized spacial score (nSPS) is 25.2. The van der Waals surface area contributed by atoms with Crippen molar-refractivity contribution in [2.24, 2.45) is 5.92 Å². The van der Waals surface area contributed by atoms with Gasteiger partial charge in [0.15, 0.2) is 0 Å². The summed E-state index contributed by atoms with van der Waals surface area (Å²) in [6.45, 7) is 8.23. The van der Waals surface area contributed by atoms with Crippen molar-refractivity contribution in [3.8, 4) is 0 Å². The number of piperidine rings is 1. The molecule has 3 fully saturated rings. The number of hydrogen-bond donors (Lipinski definition) is 1. The van der Waals surface area contributed by atoms with Gasteiger partial charge in [0.1, 0.15) is 0 Å². The average Bonchev–Trinajstić information content (AvgIpc) is 3.40. The molecule has 1 aromatic carbocycles. The number of carbonyl (C=O) groups is 1. The zero-order valence-corrected chi connectivity index (χ0v) is 16.5. The number of likely N-dealkylation sites (tertiary alicyclic amines) is 2. The Labute approximate surface area is 163 Å². The van der Waals surface area contributed by atoms with Gasteiger partial charge < -0.3 is 15.1 Å². The van der Waals surface area contributed by atoms with Crippen LogP contribution in [0.15, 0.2) is 30.3 Å². The number of amides is 1. The molecule has 5 heteroatoms. The van der Waals surface area contributed by atoms with Gasteiger partial charge in [-0.2, -0.15) is 0 Å². The second-order valence-electron chi connectivity index (χ2n) is 8.49. The van der Waals surface area contributed by atoms with Crippen LogP contribution in [0.1, 0.15) is 32.1 Å². The molecule has 3 saturated heterocycles. The summed E-state index contributed by atoms with van der Waals surface area (Å²) in [6, 6.07) is 11.4. The third-order valence-corrected chi connectivity index (χ3v) is 6.58. The third kappa shape index (κ3) is 5.02. The van der Waals surface area contributed by atoms with Crippen LogP contribution in [-0.4, -0.2) is 74.1 Å². The van der Waals surface area contributed by atoms with Crippen LogP contribution in [0.4, 0.5) is 5.69 Å². The standard InChI is InChI=1S/C22H34N4O/c27-22(18-24-13-9-21(10-14-24)25-11-4-5-12-25)23-16-19-8-15-26(17-19)20-6-2-1-3-7-20/h1-3,6-7,19,21H,4-5,8-18H2,(H,23,27). The first-order valence-corrected chi connectivity index (χ1v) is 10.8. The molecule has 4 rings (SSSR count). The Morgan fingerprint density at radius 2 is 1.70 bits per heavy atom. The molecule has 3 aliphatic heterocycles. The van der Waals surface area contributed by atoms with Gasteiger partial charge in [-0.3, -0.25) is 9.69 Å². The monoisotopic (exact) mass is 370 g/mol. The topological polar surface area (TPSA) is 38.8 Å². The predicted molar refractivity (Wildman–Crippen MR) is 110 cm³/mol. The van der Waals surface area contributed by atoms with Crippen molar-refractivity contribution in [3.63, 3.8) is 0 Å². The number of nitrogens with one attached hydrogen (secondary N) is 1. The van der Waals surface area contributed by atoms with E-state index in [9.17, 15) is 4.79 Å². The second-order valence-corrected chi connectivity index (χ2v) is 8.49. The maximum Gasteiger partial charge on any atom is 0.234 e. The summed E-state index contributed by atoms with van der Waals surface area (Å²) in [4.78, 5) is 19.8. The molecule has 0 bridgehead atoms. The van der Waals surface area contributed by atoms with Crippen LogP contribution in [0.3, 0.4) is 0 Å². The smallest absolute Gasteiger partial charge is 0.234 e. The molecule has 1 unspecified atom stereocenters. The molecule has 1 N–H and O–H groups in total. The lowest BCUT2D eigenvalue weighted by Gasteiger charge is -2.36. The highest BCUT2D eigenvalue weighted by Crippen LogP contribution is 2.23. The molecule has 0 saturated carbocycles. The first-order chi connectivity index (χ1) is 13.3. The number of carbonyl (C=O) groups excluding carboxylic acids is 1. The maximum atomic E-state index is 12.4. The van der Waals surface area contributed by atoms with Crippen molar-refractivity contribution in [2.75, 3.05) is 57.3 Å². The second kappa shape index (κ2) is 9.07. The number of anilines is 1. The highest BCUT2D eigenvalue weighted by molar-refractivity contribution is 5.78. The van der Waals surface area contributed by atoms with Crippen LogP contribution in [0, 0.1) is 5.92 Å². The van der Waals surface area contributed by atoms with Crippen LogP contribution in [0.5, 0.6) is 0 Å². The minimum atomic E-state index is 0.202. The van der Waals surface area contributed by atoms with E-state index in [-0.39, 0.29) is 5.91 Å². The molecule has 0 spiro atoms. The fraction of sp³-hybridized carbons (Fsp3) is 0.682. The molecule has 0 aromatic heterocycles. The highest BCUT2D eigenvalue weighted by Gasteiger charge is 2.27. The lowest BCUT2D eigenvalue weighted by Crippen LogP contribution is -2.47. The molecule has 5 nitrogen and oxygen atoms in total. The molecule has 148 valence electrons. The number of para-hydroxylation sites is 1. The van der Waals surface area contributed by atoms with E-state index in [1.54, 1.807) is 0 Å². The number of benzene rings is 1. The Bertz CT molecular complexity index is 594. The van der Waals surface area contributed by atoms with Crippen LogP contribution in [0.2, 0.25) is 0 Å². The van der Waals surface area contributed by atoms with Crippen molar-refractivity contribution in [3.05, 3.63) is 30.3 Å². The van der Waals surface area contributed by atoms with E-state index in [0.29, 0.717) is 12.5 Å². The van der Waals surface area contributed by atoms with E-state index in [2.05, 4.69) is 50.3 Å². The van der Waals surface area contributed by atoms with Crippen LogP contribution in [0.25, 0.3) is 0 Å². The quantitative estimate of drug-likeness (QED) is 0.833. The Morgan fingerprint density at radius 3 is 2.44 bits per heavy atom. The summed E-state index contributed by atoms with van der Waals surface area (Å²) in [5.41, 5.74) is 1.30. The van der Waals surface area contributed by atoms with E-state index in [1.165, 1.54) is 44.5 Å². The minimum Gasteiger partial charge on any atom is -0.371 e. The Hall–Kier alpha value is -1.59. The average molecular weight is 371 g/mol. The molecule has 1 amide bonds. The van der Waals surface area contributed by atoms with Crippen LogP contribution >= 0.6 is 0 Å². The Balaban J connectivity index is 1.13. The largest absolute Gasteiger partial charge is 0.371 e. The van der Waals surface area contributed by atoms with E-state index < -0.39 is 0 Å². The van der Waals surface area contributed by atoms with Gasteiger partial charge in [0.25, 0.3) is 0 Å². The Kier molecular flexibility index (Phi) is 6.30. The summed E-state index contributed by atoms with van der Waals surface area (Å²) < 4.78 is 0. The molecular formula is C22H34N4O. The Morgan fingerprint density at radius 1 is 0.963 bits per heavy atom. The van der Waals surface area contributed by atoms with Gasteiger partial charge in [-0.1, -0.05) is 18.2 Å². The first-order valence-electron chi connectivity index (χ1n) is 10.8. The highest BCUT2D eigenvalue weighted by atomic mass is 16.2. The fourth-order valence-electron chi connectivity index (χ4n) is 4.94. The van der Waals surface area contributed by atoms with Gasteiger partial charge in [-0.15, -0.1) is 0 Å². The van der Waals surface area contributed by atoms with Crippen LogP contribution < -0.4 is 10.2 Å². The van der Waals surface area contributed by atoms with Gasteiger partial charge in [0.2, 0.25) is 5.91 Å². The number of hydrogen-bond acceptors (Lipinski definition) is 4. The zero-order chi connectivity index (χ0) is 18.5. The number of rotatable bonds is 6. The van der Waals surface area contributed by atoms with E-state index >= 15 is 0 Å². The minimum absolute atomic E-state index is 0.202. The van der Waals surface area contributed by atoms with E-state index in [1.807, 2.05) is 0 Å². The molecule has 0 radical (unpaired) electrons. The summed E-state index contributed by atoms with van der Waals surface area (Å²) in [6.07, 6.45) is 6.34. The van der Waals surface area contributed by atoms with Crippen molar-refractivity contribution in [1.82, 2.24) is 15.1 Å². The molecular weight excluding hydrogens is 336 g/mol. The summed E-state index contributed by atoms with van der Waals surface area (Å²) >= 11 is 0. The predicted octanol–water partition coefficient (Wildman–Crippen LogP) is 2.19. The van der Waals surface area contributed by atoms with Crippen molar-refractivity contribution in [1.29, 1.82) is 0 Å². The summed E-state index contributed by atoms with van der Waals surface area (Å²) in [7, 11) is 0. The van der Waals surface area contributed by atoms with Crippen LogP contribution in [-0.2, 0) is 4.79 Å². The zero-order valence-electron chi connectivity index (χ0n) is 16.5. The van der Waals surface area contributed by atoms with Crippen molar-refractivity contribution >= 4 is 11.6 Å². The third-order valence-electron chi connectivity index (χ3n) is 6.58. The van der Waals surface area contributed by atoms with Gasteiger partial charge in [-0.05, 0) is 63.2 Å². The molecule has 1 aromatic rings. The molecule has 0 aliphatic carbocycles. The summed E-state index contributed by atoms with van der Waals surface area (Å²) in [5, 5.41) is 3.19. The molecule has 27 heavy (non-hydrogen) atoms. The van der Waals surface area contributed by atoms with Crippen molar-refractivity contribution < 1.29 is 4.79 Å². The van der Waals surface area contributed by atoms with Gasteiger partial charge >= 0.3 is 0 Å². The lowest BCUT2D eigenvalue weighted by molar-refractivity contribution is -0.122. The molecule has 1 atom stereocenters.